The number of benzene rings is 2. The molecule has 2 heterocycles. The molecule has 2 amide bonds. The van der Waals surface area contributed by atoms with Crippen molar-refractivity contribution in [1.29, 1.82) is 0 Å². The summed E-state index contributed by atoms with van der Waals surface area (Å²) < 4.78 is 45.1. The van der Waals surface area contributed by atoms with Crippen molar-refractivity contribution in [2.45, 2.75) is 6.18 Å². The number of amides is 2. The molecule has 7 nitrogen and oxygen atoms in total. The van der Waals surface area contributed by atoms with Gasteiger partial charge in [-0.25, -0.2) is 4.98 Å². The third kappa shape index (κ3) is 6.25. The van der Waals surface area contributed by atoms with Crippen molar-refractivity contribution in [2.75, 3.05) is 43.0 Å². The molecular formula is C25H22ClF3N4O3. The van der Waals surface area contributed by atoms with Crippen LogP contribution in [-0.4, -0.2) is 54.5 Å². The van der Waals surface area contributed by atoms with Gasteiger partial charge in [-0.3, -0.25) is 9.59 Å². The highest BCUT2D eigenvalue weighted by Gasteiger charge is 2.34. The number of hydrogen-bond donors (Lipinski definition) is 1. The first-order chi connectivity index (χ1) is 17.2. The Bertz CT molecular complexity index is 1210. The van der Waals surface area contributed by atoms with E-state index < -0.39 is 23.2 Å². The fraction of sp³-hybridized carbons (Fsp3) is 0.240. The number of nitrogens with one attached hydrogen (secondary N) is 1. The van der Waals surface area contributed by atoms with E-state index in [0.29, 0.717) is 42.8 Å². The van der Waals surface area contributed by atoms with Crippen molar-refractivity contribution in [3.8, 4) is 5.75 Å². The van der Waals surface area contributed by atoms with E-state index in [9.17, 15) is 22.8 Å². The smallest absolute Gasteiger partial charge is 0.417 e. The Kier molecular flexibility index (Phi) is 7.64. The average Bonchev–Trinajstić information content (AvgIpc) is 2.88. The first-order valence-electron chi connectivity index (χ1n) is 11.1. The van der Waals surface area contributed by atoms with E-state index in [1.807, 2.05) is 4.90 Å². The van der Waals surface area contributed by atoms with Gasteiger partial charge in [-0.15, -0.1) is 0 Å². The normalized spacial score (nSPS) is 13.9. The van der Waals surface area contributed by atoms with E-state index in [1.165, 1.54) is 18.3 Å². The number of pyridine rings is 1. The average molecular weight is 519 g/mol. The molecule has 0 spiro atoms. The summed E-state index contributed by atoms with van der Waals surface area (Å²) >= 11 is 5.84. The van der Waals surface area contributed by atoms with Crippen LogP contribution >= 0.6 is 11.6 Å². The molecular weight excluding hydrogens is 497 g/mol. The largest absolute Gasteiger partial charge is 0.484 e. The van der Waals surface area contributed by atoms with Gasteiger partial charge in [0, 0.05) is 31.2 Å². The first-order valence-corrected chi connectivity index (χ1v) is 11.4. The lowest BCUT2D eigenvalue weighted by Gasteiger charge is -2.35. The third-order valence-electron chi connectivity index (χ3n) is 5.62. The van der Waals surface area contributed by atoms with Gasteiger partial charge in [-0.1, -0.05) is 23.7 Å². The number of anilines is 2. The standard InChI is InChI=1S/C25H22ClF3N4O3/c26-17-5-8-19(9-6-17)36-16-23(34)33-13-11-32(12-14-33)22-10-7-18(15-30-22)31-24(35)20-3-1-2-4-21(20)25(27,28)29/h1-10,15H,11-14,16H2,(H,31,35). The van der Waals surface area contributed by atoms with Gasteiger partial charge in [0.25, 0.3) is 11.8 Å². The van der Waals surface area contributed by atoms with Crippen LogP contribution in [0.4, 0.5) is 24.7 Å². The second-order valence-corrected chi connectivity index (χ2v) is 8.45. The van der Waals surface area contributed by atoms with Crippen molar-refractivity contribution >= 4 is 34.9 Å². The minimum atomic E-state index is -4.64. The number of aromatic nitrogens is 1. The molecule has 36 heavy (non-hydrogen) atoms. The van der Waals surface area contributed by atoms with Gasteiger partial charge in [0.1, 0.15) is 11.6 Å². The molecule has 0 radical (unpaired) electrons. The molecule has 0 bridgehead atoms. The van der Waals surface area contributed by atoms with Gasteiger partial charge < -0.3 is 19.9 Å². The van der Waals surface area contributed by atoms with Crippen LogP contribution in [0.3, 0.4) is 0 Å². The van der Waals surface area contributed by atoms with Crippen LogP contribution in [0.1, 0.15) is 15.9 Å². The van der Waals surface area contributed by atoms with Crippen molar-refractivity contribution in [2.24, 2.45) is 0 Å². The number of nitrogens with zero attached hydrogens (tertiary/aromatic N) is 3. The summed E-state index contributed by atoms with van der Waals surface area (Å²) in [6.45, 7) is 1.98. The fourth-order valence-electron chi connectivity index (χ4n) is 3.73. The maximum atomic E-state index is 13.2. The molecule has 2 aromatic carbocycles. The fourth-order valence-corrected chi connectivity index (χ4v) is 3.85. The second-order valence-electron chi connectivity index (χ2n) is 8.01. The number of carbonyl (C=O) groups excluding carboxylic acids is 2. The zero-order valence-corrected chi connectivity index (χ0v) is 19.7. The monoisotopic (exact) mass is 518 g/mol. The molecule has 0 atom stereocenters. The molecule has 188 valence electrons. The van der Waals surface area contributed by atoms with E-state index in [2.05, 4.69) is 10.3 Å². The Morgan fingerprint density at radius 3 is 2.31 bits per heavy atom. The molecule has 1 N–H and O–H groups in total. The SMILES string of the molecule is O=C(Nc1ccc(N2CCN(C(=O)COc3ccc(Cl)cc3)CC2)nc1)c1ccccc1C(F)(F)F. The summed E-state index contributed by atoms with van der Waals surface area (Å²) in [6, 6.07) is 14.6. The predicted molar refractivity (Wildman–Crippen MR) is 129 cm³/mol. The molecule has 1 aromatic heterocycles. The molecule has 3 aromatic rings. The maximum absolute atomic E-state index is 13.2. The lowest BCUT2D eigenvalue weighted by atomic mass is 10.1. The van der Waals surface area contributed by atoms with Crippen LogP contribution in [0.5, 0.6) is 5.75 Å². The Hall–Kier alpha value is -3.79. The van der Waals surface area contributed by atoms with E-state index in [-0.39, 0.29) is 18.2 Å². The predicted octanol–water partition coefficient (Wildman–Crippen LogP) is 4.73. The van der Waals surface area contributed by atoms with Crippen molar-refractivity contribution in [3.05, 3.63) is 83.0 Å². The van der Waals surface area contributed by atoms with E-state index in [0.717, 1.165) is 12.1 Å². The molecule has 0 aliphatic carbocycles. The van der Waals surface area contributed by atoms with E-state index >= 15 is 0 Å². The number of halogens is 4. The number of alkyl halides is 3. The van der Waals surface area contributed by atoms with Crippen LogP contribution in [0.15, 0.2) is 66.9 Å². The highest BCUT2D eigenvalue weighted by atomic mass is 35.5. The number of piperazine rings is 1. The van der Waals surface area contributed by atoms with Crippen LogP contribution in [-0.2, 0) is 11.0 Å². The van der Waals surface area contributed by atoms with Crippen LogP contribution in [0.25, 0.3) is 0 Å². The minimum absolute atomic E-state index is 0.0776. The number of hydrogen-bond acceptors (Lipinski definition) is 5. The summed E-state index contributed by atoms with van der Waals surface area (Å²) in [7, 11) is 0. The number of ether oxygens (including phenoxy) is 1. The second kappa shape index (κ2) is 10.9. The quantitative estimate of drug-likeness (QED) is 0.510. The summed E-state index contributed by atoms with van der Waals surface area (Å²) in [5.74, 6) is 0.193. The molecule has 1 aliphatic rings. The van der Waals surface area contributed by atoms with Gasteiger partial charge >= 0.3 is 6.18 Å². The van der Waals surface area contributed by atoms with Gasteiger partial charge in [0.15, 0.2) is 6.61 Å². The molecule has 0 unspecified atom stereocenters. The molecule has 11 heteroatoms. The lowest BCUT2D eigenvalue weighted by Crippen LogP contribution is -2.50. The summed E-state index contributed by atoms with van der Waals surface area (Å²) in [5.41, 5.74) is -1.19. The third-order valence-corrected chi connectivity index (χ3v) is 5.87. The zero-order valence-electron chi connectivity index (χ0n) is 19.0. The van der Waals surface area contributed by atoms with Crippen LogP contribution in [0.2, 0.25) is 5.02 Å². The zero-order chi connectivity index (χ0) is 25.7. The summed E-state index contributed by atoms with van der Waals surface area (Å²) in [5, 5.41) is 3.04. The Balaban J connectivity index is 1.29. The number of carbonyl (C=O) groups is 2. The van der Waals surface area contributed by atoms with E-state index in [4.69, 9.17) is 16.3 Å². The summed E-state index contributed by atoms with van der Waals surface area (Å²) in [6.07, 6.45) is -3.25. The van der Waals surface area contributed by atoms with Gasteiger partial charge in [-0.05, 0) is 48.5 Å². The molecule has 1 fully saturated rings. The Morgan fingerprint density at radius 1 is 0.972 bits per heavy atom. The highest BCUT2D eigenvalue weighted by Crippen LogP contribution is 2.32. The minimum Gasteiger partial charge on any atom is -0.484 e. The van der Waals surface area contributed by atoms with Crippen LogP contribution in [0, 0.1) is 0 Å². The number of rotatable bonds is 6. The molecule has 1 aliphatic heterocycles. The van der Waals surface area contributed by atoms with Crippen molar-refractivity contribution < 1.29 is 27.5 Å². The molecule has 0 saturated carbocycles. The van der Waals surface area contributed by atoms with Gasteiger partial charge in [-0.2, -0.15) is 13.2 Å². The maximum Gasteiger partial charge on any atom is 0.417 e. The first kappa shape index (κ1) is 25.3. The van der Waals surface area contributed by atoms with Gasteiger partial charge in [0.2, 0.25) is 0 Å². The summed E-state index contributed by atoms with van der Waals surface area (Å²) in [4.78, 5) is 32.9. The Morgan fingerprint density at radius 2 is 1.67 bits per heavy atom. The lowest BCUT2D eigenvalue weighted by molar-refractivity contribution is -0.138. The Labute approximate surface area is 210 Å². The van der Waals surface area contributed by atoms with Crippen molar-refractivity contribution in [3.63, 3.8) is 0 Å². The van der Waals surface area contributed by atoms with E-state index in [1.54, 1.807) is 41.3 Å². The molecule has 1 saturated heterocycles. The topological polar surface area (TPSA) is 74.8 Å². The molecule has 4 rings (SSSR count). The highest BCUT2D eigenvalue weighted by molar-refractivity contribution is 6.30. The van der Waals surface area contributed by atoms with Crippen LogP contribution < -0.4 is 15.0 Å². The van der Waals surface area contributed by atoms with Crippen molar-refractivity contribution in [1.82, 2.24) is 9.88 Å². The van der Waals surface area contributed by atoms with Gasteiger partial charge in [0.05, 0.1) is 23.0 Å².